The second kappa shape index (κ2) is 10.3. The summed E-state index contributed by atoms with van der Waals surface area (Å²) in [7, 11) is 3.01. The number of rotatable bonds is 7. The third-order valence-electron chi connectivity index (χ3n) is 3.69. The molecule has 0 radical (unpaired) electrons. The van der Waals surface area contributed by atoms with Gasteiger partial charge in [0.1, 0.15) is 0 Å². The van der Waals surface area contributed by atoms with Crippen LogP contribution >= 0.6 is 12.2 Å². The molecule has 0 fully saturated rings. The molecule has 1 amide bonds. The maximum Gasteiger partial charge on any atom is 0.338 e. The average molecular weight is 402 g/mol. The third-order valence-corrected chi connectivity index (χ3v) is 3.89. The molecule has 0 heterocycles. The van der Waals surface area contributed by atoms with Crippen molar-refractivity contribution in [3.8, 4) is 11.5 Å². The van der Waals surface area contributed by atoms with E-state index >= 15 is 0 Å². The molecule has 8 heteroatoms. The summed E-state index contributed by atoms with van der Waals surface area (Å²) in [5.41, 5.74) is 1.44. The molecule has 7 nitrogen and oxygen atoms in total. The SMILES string of the molecule is CCCOC(=O)c1ccc(NC(=S)NC(=O)c2ccc(OC)c(OC)c2)cc1. The van der Waals surface area contributed by atoms with Gasteiger partial charge in [0.25, 0.3) is 5.91 Å². The Kier molecular flexibility index (Phi) is 7.76. The van der Waals surface area contributed by atoms with Crippen molar-refractivity contribution >= 4 is 34.9 Å². The van der Waals surface area contributed by atoms with E-state index in [1.807, 2.05) is 6.92 Å². The molecule has 0 aromatic heterocycles. The Morgan fingerprint density at radius 2 is 1.61 bits per heavy atom. The highest BCUT2D eigenvalue weighted by Gasteiger charge is 2.12. The Bertz CT molecular complexity index is 852. The summed E-state index contributed by atoms with van der Waals surface area (Å²) in [6.07, 6.45) is 0.763. The van der Waals surface area contributed by atoms with Crippen LogP contribution in [-0.4, -0.2) is 37.8 Å². The van der Waals surface area contributed by atoms with Gasteiger partial charge in [-0.1, -0.05) is 6.92 Å². The molecular formula is C20H22N2O5S. The summed E-state index contributed by atoms with van der Waals surface area (Å²) < 4.78 is 15.4. The molecule has 0 aliphatic carbocycles. The highest BCUT2D eigenvalue weighted by molar-refractivity contribution is 7.80. The molecule has 2 rings (SSSR count). The molecule has 0 aliphatic heterocycles. The minimum atomic E-state index is -0.391. The molecule has 0 spiro atoms. The number of carbonyl (C=O) groups excluding carboxylic acids is 2. The quantitative estimate of drug-likeness (QED) is 0.542. The van der Waals surface area contributed by atoms with Gasteiger partial charge in [0.05, 0.1) is 26.4 Å². The van der Waals surface area contributed by atoms with Crippen LogP contribution in [0.1, 0.15) is 34.1 Å². The van der Waals surface area contributed by atoms with Gasteiger partial charge >= 0.3 is 5.97 Å². The monoisotopic (exact) mass is 402 g/mol. The highest BCUT2D eigenvalue weighted by Crippen LogP contribution is 2.27. The number of amides is 1. The smallest absolute Gasteiger partial charge is 0.338 e. The fraction of sp³-hybridized carbons (Fsp3) is 0.250. The van der Waals surface area contributed by atoms with Crippen LogP contribution in [0.2, 0.25) is 0 Å². The number of hydrogen-bond donors (Lipinski definition) is 2. The number of carbonyl (C=O) groups is 2. The highest BCUT2D eigenvalue weighted by atomic mass is 32.1. The van der Waals surface area contributed by atoms with E-state index < -0.39 is 5.91 Å². The minimum absolute atomic E-state index is 0.126. The zero-order valence-corrected chi connectivity index (χ0v) is 16.7. The number of methoxy groups -OCH3 is 2. The Morgan fingerprint density at radius 3 is 2.21 bits per heavy atom. The molecule has 0 saturated carbocycles. The lowest BCUT2D eigenvalue weighted by Crippen LogP contribution is -2.34. The number of nitrogens with one attached hydrogen (secondary N) is 2. The lowest BCUT2D eigenvalue weighted by molar-refractivity contribution is 0.0505. The molecule has 0 bridgehead atoms. The van der Waals surface area contributed by atoms with Gasteiger partial charge in [0, 0.05) is 11.3 Å². The predicted molar refractivity (Wildman–Crippen MR) is 110 cm³/mol. The van der Waals surface area contributed by atoms with Crippen LogP contribution in [0.5, 0.6) is 11.5 Å². The third kappa shape index (κ3) is 5.68. The Morgan fingerprint density at radius 1 is 0.964 bits per heavy atom. The van der Waals surface area contributed by atoms with Gasteiger partial charge in [-0.15, -0.1) is 0 Å². The number of esters is 1. The lowest BCUT2D eigenvalue weighted by Gasteiger charge is -2.12. The summed E-state index contributed by atoms with van der Waals surface area (Å²) in [6, 6.07) is 11.4. The fourth-order valence-corrected chi connectivity index (χ4v) is 2.49. The number of anilines is 1. The van der Waals surface area contributed by atoms with Crippen LogP contribution in [0.3, 0.4) is 0 Å². The van der Waals surface area contributed by atoms with Crippen molar-refractivity contribution in [2.24, 2.45) is 0 Å². The zero-order valence-electron chi connectivity index (χ0n) is 15.9. The van der Waals surface area contributed by atoms with Gasteiger partial charge in [-0.25, -0.2) is 4.79 Å². The summed E-state index contributed by atoms with van der Waals surface area (Å²) in [5.74, 6) is 0.202. The van der Waals surface area contributed by atoms with Gasteiger partial charge in [0.15, 0.2) is 16.6 Å². The van der Waals surface area contributed by atoms with Crippen molar-refractivity contribution in [3.63, 3.8) is 0 Å². The molecule has 2 aromatic carbocycles. The molecule has 0 atom stereocenters. The molecular weight excluding hydrogens is 380 g/mol. The van der Waals surface area contributed by atoms with Crippen LogP contribution in [0.25, 0.3) is 0 Å². The summed E-state index contributed by atoms with van der Waals surface area (Å²) in [6.45, 7) is 2.31. The average Bonchev–Trinajstić information content (AvgIpc) is 2.71. The summed E-state index contributed by atoms with van der Waals surface area (Å²) in [5, 5.41) is 5.61. The van der Waals surface area contributed by atoms with Gasteiger partial charge in [-0.3, -0.25) is 10.1 Å². The number of thiocarbonyl (C=S) groups is 1. The van der Waals surface area contributed by atoms with Crippen molar-refractivity contribution < 1.29 is 23.8 Å². The summed E-state index contributed by atoms with van der Waals surface area (Å²) >= 11 is 5.17. The predicted octanol–water partition coefficient (Wildman–Crippen LogP) is 3.40. The van der Waals surface area contributed by atoms with Gasteiger partial charge < -0.3 is 19.5 Å². The molecule has 0 aliphatic rings. The van der Waals surface area contributed by atoms with Crippen LogP contribution in [0.15, 0.2) is 42.5 Å². The van der Waals surface area contributed by atoms with Crippen molar-refractivity contribution in [3.05, 3.63) is 53.6 Å². The second-order valence-corrected chi connectivity index (χ2v) is 6.10. The van der Waals surface area contributed by atoms with Crippen LogP contribution in [0.4, 0.5) is 5.69 Å². The Labute approximate surface area is 169 Å². The Balaban J connectivity index is 1.96. The first-order chi connectivity index (χ1) is 13.5. The second-order valence-electron chi connectivity index (χ2n) is 5.69. The Hall–Kier alpha value is -3.13. The van der Waals surface area contributed by atoms with Crippen molar-refractivity contribution in [1.82, 2.24) is 5.32 Å². The molecule has 2 N–H and O–H groups in total. The largest absolute Gasteiger partial charge is 0.493 e. The van der Waals surface area contributed by atoms with Crippen molar-refractivity contribution in [2.45, 2.75) is 13.3 Å². The van der Waals surface area contributed by atoms with E-state index in [4.69, 9.17) is 26.4 Å². The molecule has 148 valence electrons. The minimum Gasteiger partial charge on any atom is -0.493 e. The van der Waals surface area contributed by atoms with E-state index in [1.165, 1.54) is 14.2 Å². The normalized spacial score (nSPS) is 9.96. The van der Waals surface area contributed by atoms with E-state index in [1.54, 1.807) is 42.5 Å². The first kappa shape index (κ1) is 21.2. The maximum atomic E-state index is 12.4. The van der Waals surface area contributed by atoms with Crippen LogP contribution in [-0.2, 0) is 4.74 Å². The molecule has 0 unspecified atom stereocenters. The fourth-order valence-electron chi connectivity index (χ4n) is 2.28. The van der Waals surface area contributed by atoms with Crippen LogP contribution in [0, 0.1) is 0 Å². The van der Waals surface area contributed by atoms with Gasteiger partial charge in [0.2, 0.25) is 0 Å². The van der Waals surface area contributed by atoms with E-state index in [-0.39, 0.29) is 11.1 Å². The maximum absolute atomic E-state index is 12.4. The first-order valence-electron chi connectivity index (χ1n) is 8.60. The molecule has 2 aromatic rings. The van der Waals surface area contributed by atoms with E-state index in [0.717, 1.165) is 6.42 Å². The first-order valence-corrected chi connectivity index (χ1v) is 9.00. The zero-order chi connectivity index (χ0) is 20.5. The number of hydrogen-bond acceptors (Lipinski definition) is 6. The van der Waals surface area contributed by atoms with E-state index in [2.05, 4.69) is 10.6 Å². The molecule has 28 heavy (non-hydrogen) atoms. The van der Waals surface area contributed by atoms with Crippen LogP contribution < -0.4 is 20.1 Å². The van der Waals surface area contributed by atoms with Gasteiger partial charge in [-0.05, 0) is 61.1 Å². The molecule has 0 saturated heterocycles. The number of benzene rings is 2. The van der Waals surface area contributed by atoms with Crippen molar-refractivity contribution in [2.75, 3.05) is 26.1 Å². The van der Waals surface area contributed by atoms with E-state index in [0.29, 0.717) is 34.9 Å². The van der Waals surface area contributed by atoms with Gasteiger partial charge in [-0.2, -0.15) is 0 Å². The topological polar surface area (TPSA) is 85.9 Å². The van der Waals surface area contributed by atoms with E-state index in [9.17, 15) is 9.59 Å². The lowest BCUT2D eigenvalue weighted by atomic mass is 10.2. The summed E-state index contributed by atoms with van der Waals surface area (Å²) in [4.78, 5) is 24.2. The standard InChI is InChI=1S/C20H22N2O5S/c1-4-11-27-19(24)13-5-8-15(9-6-13)21-20(28)22-18(23)14-7-10-16(25-2)17(12-14)26-3/h5-10,12H,4,11H2,1-3H3,(H2,21,22,23,28). The van der Waals surface area contributed by atoms with Crippen molar-refractivity contribution in [1.29, 1.82) is 0 Å². The number of ether oxygens (including phenoxy) is 3.